The van der Waals surface area contributed by atoms with E-state index in [1.165, 1.54) is 0 Å². The number of nitrogens with one attached hydrogen (secondary N) is 1. The monoisotopic (exact) mass is 313 g/mol. The molecule has 0 radical (unpaired) electrons. The summed E-state index contributed by atoms with van der Waals surface area (Å²) in [4.78, 5) is 0. The van der Waals surface area contributed by atoms with E-state index in [0.717, 1.165) is 18.8 Å². The third kappa shape index (κ3) is 2.39. The molecule has 0 aromatic heterocycles. The minimum absolute atomic E-state index is 0.00756. The third-order valence-electron chi connectivity index (χ3n) is 4.04. The molecular formula is C14H21ClN3OP. The van der Waals surface area contributed by atoms with E-state index in [-0.39, 0.29) is 11.1 Å². The van der Waals surface area contributed by atoms with Crippen molar-refractivity contribution in [3.63, 3.8) is 0 Å². The van der Waals surface area contributed by atoms with Crippen LogP contribution < -0.4 is 5.09 Å². The number of halogens is 1. The van der Waals surface area contributed by atoms with Crippen LogP contribution in [0.2, 0.25) is 5.02 Å². The number of benzene rings is 1. The summed E-state index contributed by atoms with van der Waals surface area (Å²) in [5.74, 6) is 0. The number of anilines is 1. The zero-order chi connectivity index (χ0) is 14.8. The van der Waals surface area contributed by atoms with Crippen molar-refractivity contribution in [3.05, 3.63) is 29.3 Å². The summed E-state index contributed by atoms with van der Waals surface area (Å²) in [6, 6.07) is 7.38. The molecule has 20 heavy (non-hydrogen) atoms. The molecule has 2 heterocycles. The summed E-state index contributed by atoms with van der Waals surface area (Å²) < 4.78 is 17.7. The fourth-order valence-electron chi connectivity index (χ4n) is 2.53. The second-order valence-electron chi connectivity index (χ2n) is 6.90. The van der Waals surface area contributed by atoms with Gasteiger partial charge in [-0.05, 0) is 52.0 Å². The number of hydrogen-bond donors (Lipinski definition) is 1. The molecule has 2 fully saturated rings. The lowest BCUT2D eigenvalue weighted by atomic mass is 10.2. The molecule has 1 N–H and O–H groups in total. The highest BCUT2D eigenvalue weighted by atomic mass is 35.5. The van der Waals surface area contributed by atoms with Crippen LogP contribution in [0.25, 0.3) is 0 Å². The van der Waals surface area contributed by atoms with E-state index >= 15 is 0 Å². The van der Waals surface area contributed by atoms with Crippen LogP contribution in [0.5, 0.6) is 0 Å². The molecule has 2 saturated heterocycles. The third-order valence-corrected chi connectivity index (χ3v) is 7.51. The van der Waals surface area contributed by atoms with Gasteiger partial charge in [0.25, 0.3) is 0 Å². The molecule has 3 rings (SSSR count). The Morgan fingerprint density at radius 3 is 1.80 bits per heavy atom. The summed E-state index contributed by atoms with van der Waals surface area (Å²) in [6.45, 7) is 10.2. The normalized spacial score (nSPS) is 32.2. The second-order valence-corrected chi connectivity index (χ2v) is 9.62. The predicted molar refractivity (Wildman–Crippen MR) is 84.3 cm³/mol. The average Bonchev–Trinajstić information content (AvgIpc) is 3.18. The van der Waals surface area contributed by atoms with Gasteiger partial charge < -0.3 is 5.09 Å². The van der Waals surface area contributed by atoms with Gasteiger partial charge in [-0.25, -0.2) is 9.34 Å². The lowest BCUT2D eigenvalue weighted by Crippen LogP contribution is -2.21. The minimum atomic E-state index is -2.75. The molecule has 0 saturated carbocycles. The zero-order valence-electron chi connectivity index (χ0n) is 12.4. The van der Waals surface area contributed by atoms with E-state index in [9.17, 15) is 4.57 Å². The first kappa shape index (κ1) is 14.4. The van der Waals surface area contributed by atoms with Crippen molar-refractivity contribution in [1.29, 1.82) is 0 Å². The van der Waals surface area contributed by atoms with Gasteiger partial charge in [-0.3, -0.25) is 4.57 Å². The highest BCUT2D eigenvalue weighted by Crippen LogP contribution is 2.68. The van der Waals surface area contributed by atoms with Crippen molar-refractivity contribution >= 4 is 24.9 Å². The lowest BCUT2D eigenvalue weighted by molar-refractivity contribution is 0.475. The van der Waals surface area contributed by atoms with Gasteiger partial charge in [0, 0.05) is 34.9 Å². The molecule has 0 aliphatic carbocycles. The van der Waals surface area contributed by atoms with Gasteiger partial charge in [0.15, 0.2) is 0 Å². The van der Waals surface area contributed by atoms with Crippen molar-refractivity contribution in [2.24, 2.45) is 0 Å². The van der Waals surface area contributed by atoms with E-state index in [4.69, 9.17) is 11.6 Å². The summed E-state index contributed by atoms with van der Waals surface area (Å²) in [5, 5.41) is 3.95. The SMILES string of the molecule is CC1(C)CN1P(=O)(Nc1ccc(Cl)cc1)N1CC1(C)C. The molecule has 2 aliphatic heterocycles. The van der Waals surface area contributed by atoms with E-state index in [2.05, 4.69) is 42.1 Å². The highest BCUT2D eigenvalue weighted by molar-refractivity contribution is 7.61. The van der Waals surface area contributed by atoms with Crippen LogP contribution in [0.1, 0.15) is 27.7 Å². The van der Waals surface area contributed by atoms with Crippen molar-refractivity contribution < 1.29 is 4.57 Å². The van der Waals surface area contributed by atoms with Crippen LogP contribution in [0.15, 0.2) is 24.3 Å². The molecule has 2 aliphatic rings. The second kappa shape index (κ2) is 4.23. The quantitative estimate of drug-likeness (QED) is 0.672. The average molecular weight is 314 g/mol. The molecule has 2 atom stereocenters. The van der Waals surface area contributed by atoms with E-state index in [1.807, 2.05) is 24.3 Å². The first-order chi connectivity index (χ1) is 9.15. The summed E-state index contributed by atoms with van der Waals surface area (Å²) in [7, 11) is -2.75. The van der Waals surface area contributed by atoms with Gasteiger partial charge in [0.05, 0.1) is 0 Å². The molecule has 4 nitrogen and oxygen atoms in total. The largest absolute Gasteiger partial charge is 0.312 e. The fourth-order valence-corrected chi connectivity index (χ4v) is 6.19. The molecule has 110 valence electrons. The summed E-state index contributed by atoms with van der Waals surface area (Å²) in [6.07, 6.45) is 0. The summed E-state index contributed by atoms with van der Waals surface area (Å²) >= 11 is 5.91. The molecule has 1 aromatic carbocycles. The van der Waals surface area contributed by atoms with Crippen LogP contribution in [-0.4, -0.2) is 33.5 Å². The predicted octanol–water partition coefficient (Wildman–Crippen LogP) is 4.05. The van der Waals surface area contributed by atoms with Crippen molar-refractivity contribution in [2.45, 2.75) is 38.8 Å². The van der Waals surface area contributed by atoms with Crippen LogP contribution in [0.3, 0.4) is 0 Å². The molecule has 0 amide bonds. The zero-order valence-corrected chi connectivity index (χ0v) is 14.0. The Hall–Kier alpha value is -0.540. The van der Waals surface area contributed by atoms with Gasteiger partial charge in [-0.2, -0.15) is 0 Å². The number of hydrogen-bond acceptors (Lipinski definition) is 1. The Kier molecular flexibility index (Phi) is 3.05. The Balaban J connectivity index is 1.87. The van der Waals surface area contributed by atoms with Crippen LogP contribution in [0.4, 0.5) is 5.69 Å². The maximum Gasteiger partial charge on any atom is 0.309 e. The van der Waals surface area contributed by atoms with Crippen molar-refractivity contribution in [3.8, 4) is 0 Å². The van der Waals surface area contributed by atoms with Gasteiger partial charge in [-0.1, -0.05) is 11.6 Å². The van der Waals surface area contributed by atoms with Gasteiger partial charge >= 0.3 is 7.59 Å². The van der Waals surface area contributed by atoms with E-state index in [0.29, 0.717) is 5.02 Å². The first-order valence-electron chi connectivity index (χ1n) is 6.85. The lowest BCUT2D eigenvalue weighted by Gasteiger charge is -2.26. The molecular weight excluding hydrogens is 293 g/mol. The van der Waals surface area contributed by atoms with Crippen molar-refractivity contribution in [1.82, 2.24) is 9.34 Å². The van der Waals surface area contributed by atoms with Crippen LogP contribution in [-0.2, 0) is 4.57 Å². The Bertz CT molecular complexity index is 559. The number of rotatable bonds is 4. The fraction of sp³-hybridized carbons (Fsp3) is 0.571. The summed E-state index contributed by atoms with van der Waals surface area (Å²) in [5.41, 5.74) is 0.865. The molecule has 1 aromatic rings. The maximum atomic E-state index is 13.5. The van der Waals surface area contributed by atoms with Gasteiger partial charge in [-0.15, -0.1) is 0 Å². The number of nitrogens with zero attached hydrogens (tertiary/aromatic N) is 2. The Morgan fingerprint density at radius 2 is 1.45 bits per heavy atom. The first-order valence-corrected chi connectivity index (χ1v) is 8.84. The van der Waals surface area contributed by atoms with Crippen molar-refractivity contribution in [2.75, 3.05) is 18.2 Å². The molecule has 6 heteroatoms. The molecule has 2 unspecified atom stereocenters. The van der Waals surface area contributed by atoms with E-state index in [1.54, 1.807) is 0 Å². The Labute approximate surface area is 125 Å². The molecule has 0 bridgehead atoms. The van der Waals surface area contributed by atoms with Crippen LogP contribution in [0, 0.1) is 0 Å². The van der Waals surface area contributed by atoms with E-state index < -0.39 is 7.59 Å². The van der Waals surface area contributed by atoms with Gasteiger partial charge in [0.1, 0.15) is 0 Å². The Morgan fingerprint density at radius 1 is 1.05 bits per heavy atom. The molecule has 0 spiro atoms. The standard InChI is InChI=1S/C14H21ClN3OP/c1-13(2)9-17(13)20(19,18-10-14(18,3)4)16-12-7-5-11(15)6-8-12/h5-8H,9-10H2,1-4H3,(H,16,19). The smallest absolute Gasteiger partial charge is 0.309 e. The minimum Gasteiger partial charge on any atom is -0.312 e. The maximum absolute atomic E-state index is 13.5. The highest BCUT2D eigenvalue weighted by Gasteiger charge is 2.64. The van der Waals surface area contributed by atoms with Crippen LogP contribution >= 0.6 is 19.2 Å². The van der Waals surface area contributed by atoms with Gasteiger partial charge in [0.2, 0.25) is 0 Å². The topological polar surface area (TPSA) is 35.1 Å².